The molecule has 4 aromatic rings. The number of carbonyl (C=O) groups excluding carboxylic acids is 1. The number of anilines is 1. The fraction of sp³-hybridized carbons (Fsp3) is 0.0952. The van der Waals surface area contributed by atoms with Gasteiger partial charge in [0, 0.05) is 17.8 Å². The zero-order valence-corrected chi connectivity index (χ0v) is 15.4. The normalized spacial score (nSPS) is 11.4. The predicted molar refractivity (Wildman–Crippen MR) is 103 cm³/mol. The second kappa shape index (κ2) is 7.86. The van der Waals surface area contributed by atoms with E-state index in [1.807, 2.05) is 30.3 Å². The van der Waals surface area contributed by atoms with Crippen molar-refractivity contribution in [3.63, 3.8) is 0 Å². The van der Waals surface area contributed by atoms with Gasteiger partial charge in [0.15, 0.2) is 11.5 Å². The van der Waals surface area contributed by atoms with Crippen molar-refractivity contribution in [3.05, 3.63) is 89.9 Å². The van der Waals surface area contributed by atoms with Crippen LogP contribution in [0.25, 0.3) is 11.3 Å². The van der Waals surface area contributed by atoms with Gasteiger partial charge in [-0.25, -0.2) is 0 Å². The van der Waals surface area contributed by atoms with Gasteiger partial charge in [0.25, 0.3) is 5.91 Å². The average Bonchev–Trinajstić information content (AvgIpc) is 3.38. The van der Waals surface area contributed by atoms with E-state index in [2.05, 4.69) is 15.6 Å². The summed E-state index contributed by atoms with van der Waals surface area (Å²) in [6.07, 6.45) is -1.48. The number of amides is 1. The maximum atomic E-state index is 12.8. The zero-order chi connectivity index (χ0) is 21.1. The summed E-state index contributed by atoms with van der Waals surface area (Å²) in [7, 11) is 0. The van der Waals surface area contributed by atoms with Crippen LogP contribution in [0.15, 0.2) is 77.6 Å². The van der Waals surface area contributed by atoms with E-state index in [0.29, 0.717) is 17.0 Å². The largest absolute Gasteiger partial charge is 0.416 e. The molecule has 1 N–H and O–H groups in total. The summed E-state index contributed by atoms with van der Waals surface area (Å²) < 4.78 is 45.2. The topological polar surface area (TPSA) is 73.0 Å². The molecule has 0 radical (unpaired) electrons. The van der Waals surface area contributed by atoms with Crippen LogP contribution < -0.4 is 5.32 Å². The number of hydrogen-bond acceptors (Lipinski definition) is 4. The molecule has 2 aromatic carbocycles. The van der Waals surface area contributed by atoms with Crippen molar-refractivity contribution < 1.29 is 22.5 Å². The van der Waals surface area contributed by atoms with Crippen LogP contribution in [0, 0.1) is 0 Å². The van der Waals surface area contributed by atoms with Gasteiger partial charge in [-0.1, -0.05) is 47.6 Å². The molecule has 30 heavy (non-hydrogen) atoms. The van der Waals surface area contributed by atoms with Crippen LogP contribution in [-0.4, -0.2) is 20.8 Å². The number of nitrogens with zero attached hydrogens (tertiary/aromatic N) is 3. The Balaban J connectivity index is 1.43. The molecule has 0 aliphatic heterocycles. The van der Waals surface area contributed by atoms with E-state index >= 15 is 0 Å². The van der Waals surface area contributed by atoms with Crippen LogP contribution in [0.5, 0.6) is 0 Å². The standard InChI is InChI=1S/C21H15F3N4O2/c22-21(23,24)16-8-4-5-14(9-16)12-28-13-17(11-25-28)26-20(29)18-10-19(30-27-18)15-6-2-1-3-7-15/h1-11,13H,12H2,(H,26,29). The summed E-state index contributed by atoms with van der Waals surface area (Å²) in [5, 5.41) is 10.5. The molecule has 4 rings (SSSR count). The number of hydrogen-bond donors (Lipinski definition) is 1. The van der Waals surface area contributed by atoms with Crippen LogP contribution in [0.1, 0.15) is 21.6 Å². The molecule has 0 saturated carbocycles. The number of rotatable bonds is 5. The summed E-state index contributed by atoms with van der Waals surface area (Å²) in [4.78, 5) is 12.4. The molecule has 1 amide bonds. The highest BCUT2D eigenvalue weighted by Crippen LogP contribution is 2.29. The van der Waals surface area contributed by atoms with Gasteiger partial charge in [-0.05, 0) is 17.7 Å². The Bertz CT molecular complexity index is 1170. The fourth-order valence-electron chi connectivity index (χ4n) is 2.86. The van der Waals surface area contributed by atoms with Gasteiger partial charge in [-0.3, -0.25) is 9.48 Å². The molecule has 0 bridgehead atoms. The summed E-state index contributed by atoms with van der Waals surface area (Å²) in [6.45, 7) is 0.127. The minimum absolute atomic E-state index is 0.0967. The minimum Gasteiger partial charge on any atom is -0.355 e. The van der Waals surface area contributed by atoms with E-state index in [-0.39, 0.29) is 12.2 Å². The monoisotopic (exact) mass is 412 g/mol. The molecular weight excluding hydrogens is 397 g/mol. The number of alkyl halides is 3. The second-order valence-electron chi connectivity index (χ2n) is 6.52. The van der Waals surface area contributed by atoms with Gasteiger partial charge in [0.1, 0.15) is 0 Å². The predicted octanol–water partition coefficient (Wildman–Crippen LogP) is 4.86. The van der Waals surface area contributed by atoms with E-state index in [9.17, 15) is 18.0 Å². The van der Waals surface area contributed by atoms with Crippen molar-refractivity contribution in [2.45, 2.75) is 12.7 Å². The zero-order valence-electron chi connectivity index (χ0n) is 15.4. The van der Waals surface area contributed by atoms with Crippen molar-refractivity contribution in [2.24, 2.45) is 0 Å². The van der Waals surface area contributed by atoms with E-state index in [0.717, 1.165) is 17.7 Å². The summed E-state index contributed by atoms with van der Waals surface area (Å²) in [5.41, 5.74) is 0.990. The molecule has 0 aliphatic rings. The van der Waals surface area contributed by atoms with Crippen molar-refractivity contribution in [1.29, 1.82) is 0 Å². The molecule has 0 atom stereocenters. The fourth-order valence-corrected chi connectivity index (χ4v) is 2.86. The van der Waals surface area contributed by atoms with Crippen molar-refractivity contribution in [3.8, 4) is 11.3 Å². The lowest BCUT2D eigenvalue weighted by molar-refractivity contribution is -0.137. The Hall–Kier alpha value is -3.88. The van der Waals surface area contributed by atoms with Gasteiger partial charge < -0.3 is 9.84 Å². The lowest BCUT2D eigenvalue weighted by atomic mass is 10.1. The SMILES string of the molecule is O=C(Nc1cnn(Cc2cccc(C(F)(F)F)c2)c1)c1cc(-c2ccccc2)on1. The van der Waals surface area contributed by atoms with Gasteiger partial charge in [0.2, 0.25) is 0 Å². The van der Waals surface area contributed by atoms with Crippen molar-refractivity contribution in [1.82, 2.24) is 14.9 Å². The number of halogens is 3. The molecular formula is C21H15F3N4O2. The Morgan fingerprint density at radius 1 is 1.07 bits per heavy atom. The molecule has 0 unspecified atom stereocenters. The first kappa shape index (κ1) is 19.4. The molecule has 0 saturated heterocycles. The second-order valence-corrected chi connectivity index (χ2v) is 6.52. The third-order valence-corrected chi connectivity index (χ3v) is 4.29. The number of aromatic nitrogens is 3. The highest BCUT2D eigenvalue weighted by atomic mass is 19.4. The van der Waals surface area contributed by atoms with Gasteiger partial charge in [-0.15, -0.1) is 0 Å². The molecule has 2 aromatic heterocycles. The molecule has 152 valence electrons. The summed E-state index contributed by atoms with van der Waals surface area (Å²) >= 11 is 0. The van der Waals surface area contributed by atoms with Gasteiger partial charge >= 0.3 is 6.18 Å². The third kappa shape index (κ3) is 4.40. The first-order chi connectivity index (χ1) is 14.4. The first-order valence-electron chi connectivity index (χ1n) is 8.90. The van der Waals surface area contributed by atoms with Crippen molar-refractivity contribution in [2.75, 3.05) is 5.32 Å². The first-order valence-corrected chi connectivity index (χ1v) is 8.90. The number of carbonyl (C=O) groups is 1. The number of benzene rings is 2. The lowest BCUT2D eigenvalue weighted by Gasteiger charge is -2.08. The number of nitrogens with one attached hydrogen (secondary N) is 1. The summed E-state index contributed by atoms with van der Waals surface area (Å²) in [5.74, 6) is -0.0273. The average molecular weight is 412 g/mol. The molecule has 0 aliphatic carbocycles. The minimum atomic E-state index is -4.41. The Kier molecular flexibility index (Phi) is 5.09. The Labute approximate surface area is 168 Å². The van der Waals surface area contributed by atoms with Gasteiger partial charge in [-0.2, -0.15) is 18.3 Å². The van der Waals surface area contributed by atoms with Crippen LogP contribution in [0.2, 0.25) is 0 Å². The van der Waals surface area contributed by atoms with Crippen LogP contribution in [0.4, 0.5) is 18.9 Å². The van der Waals surface area contributed by atoms with E-state index in [1.54, 1.807) is 6.07 Å². The molecule has 2 heterocycles. The van der Waals surface area contributed by atoms with E-state index in [1.165, 1.54) is 29.2 Å². The van der Waals surface area contributed by atoms with Gasteiger partial charge in [0.05, 0.1) is 24.0 Å². The molecule has 6 nitrogen and oxygen atoms in total. The maximum Gasteiger partial charge on any atom is 0.416 e. The van der Waals surface area contributed by atoms with E-state index < -0.39 is 17.6 Å². The van der Waals surface area contributed by atoms with Crippen LogP contribution in [-0.2, 0) is 12.7 Å². The van der Waals surface area contributed by atoms with Crippen molar-refractivity contribution >= 4 is 11.6 Å². The molecule has 9 heteroatoms. The Morgan fingerprint density at radius 3 is 2.63 bits per heavy atom. The molecule has 0 fully saturated rings. The van der Waals surface area contributed by atoms with Crippen LogP contribution in [0.3, 0.4) is 0 Å². The molecule has 0 spiro atoms. The van der Waals surface area contributed by atoms with E-state index in [4.69, 9.17) is 4.52 Å². The summed E-state index contributed by atoms with van der Waals surface area (Å²) in [6, 6.07) is 15.8. The highest BCUT2D eigenvalue weighted by Gasteiger charge is 2.30. The Morgan fingerprint density at radius 2 is 1.87 bits per heavy atom. The lowest BCUT2D eigenvalue weighted by Crippen LogP contribution is -2.11. The quantitative estimate of drug-likeness (QED) is 0.508. The third-order valence-electron chi connectivity index (χ3n) is 4.29. The maximum absolute atomic E-state index is 12.8. The van der Waals surface area contributed by atoms with Crippen LogP contribution >= 0.6 is 0 Å². The highest BCUT2D eigenvalue weighted by molar-refractivity contribution is 6.03. The smallest absolute Gasteiger partial charge is 0.355 e.